The molecule has 2 saturated heterocycles. The highest BCUT2D eigenvalue weighted by Gasteiger charge is 2.42. The molecule has 4 rings (SSSR count). The van der Waals surface area contributed by atoms with Crippen molar-refractivity contribution >= 4 is 11.8 Å². The highest BCUT2D eigenvalue weighted by molar-refractivity contribution is 5.79. The summed E-state index contributed by atoms with van der Waals surface area (Å²) in [6.07, 6.45) is 7.64. The summed E-state index contributed by atoms with van der Waals surface area (Å²) < 4.78 is 13.3. The molecule has 3 aliphatic rings. The Morgan fingerprint density at radius 2 is 1.96 bits per heavy atom. The molecule has 2 heterocycles. The van der Waals surface area contributed by atoms with Crippen LogP contribution < -0.4 is 0 Å². The van der Waals surface area contributed by atoms with Crippen molar-refractivity contribution in [1.29, 1.82) is 0 Å². The smallest absolute Gasteiger partial charge is 0.226 e. The number of carbonyl (C=O) groups is 2. The zero-order valence-electron chi connectivity index (χ0n) is 16.0. The Labute approximate surface area is 160 Å². The van der Waals surface area contributed by atoms with E-state index >= 15 is 0 Å². The molecule has 2 aliphatic heterocycles. The molecule has 0 atom stereocenters. The van der Waals surface area contributed by atoms with Gasteiger partial charge in [-0.25, -0.2) is 4.39 Å². The molecule has 1 spiro atoms. The van der Waals surface area contributed by atoms with Crippen LogP contribution in [0.15, 0.2) is 24.3 Å². The van der Waals surface area contributed by atoms with Gasteiger partial charge >= 0.3 is 0 Å². The van der Waals surface area contributed by atoms with Crippen LogP contribution in [-0.2, 0) is 16.0 Å². The summed E-state index contributed by atoms with van der Waals surface area (Å²) in [5.41, 5.74) is 0.919. The van der Waals surface area contributed by atoms with E-state index in [1.165, 1.54) is 31.4 Å². The molecule has 1 aromatic rings. The third kappa shape index (κ3) is 4.17. The second kappa shape index (κ2) is 7.61. The fourth-order valence-electron chi connectivity index (χ4n) is 4.83. The standard InChI is InChI=1S/C22H29FN2O2/c23-19-6-2-5-18(13-19)14-21(27)24-11-9-22(10-12-24)8-7-20(26)25(16-22)15-17-3-1-4-17/h2,5-6,13,17H,1,3-4,7-12,14-16H2. The number of carbonyl (C=O) groups excluding carboxylic acids is 2. The van der Waals surface area contributed by atoms with Crippen molar-refractivity contribution < 1.29 is 14.0 Å². The van der Waals surface area contributed by atoms with E-state index in [0.717, 1.165) is 51.0 Å². The molecule has 146 valence electrons. The molecule has 4 nitrogen and oxygen atoms in total. The Hall–Kier alpha value is -1.91. The van der Waals surface area contributed by atoms with Gasteiger partial charge in [-0.15, -0.1) is 0 Å². The summed E-state index contributed by atoms with van der Waals surface area (Å²) in [7, 11) is 0. The number of likely N-dealkylation sites (tertiary alicyclic amines) is 2. The first-order valence-corrected chi connectivity index (χ1v) is 10.3. The zero-order valence-corrected chi connectivity index (χ0v) is 16.0. The van der Waals surface area contributed by atoms with Crippen LogP contribution in [0.4, 0.5) is 4.39 Å². The van der Waals surface area contributed by atoms with E-state index in [9.17, 15) is 14.0 Å². The summed E-state index contributed by atoms with van der Waals surface area (Å²) >= 11 is 0. The van der Waals surface area contributed by atoms with Crippen LogP contribution in [0.25, 0.3) is 0 Å². The van der Waals surface area contributed by atoms with Crippen LogP contribution in [0.1, 0.15) is 50.5 Å². The van der Waals surface area contributed by atoms with Crippen LogP contribution >= 0.6 is 0 Å². The van der Waals surface area contributed by atoms with Gasteiger partial charge in [0.1, 0.15) is 5.82 Å². The maximum Gasteiger partial charge on any atom is 0.226 e. The van der Waals surface area contributed by atoms with Gasteiger partial charge in [0, 0.05) is 32.6 Å². The molecule has 0 bridgehead atoms. The summed E-state index contributed by atoms with van der Waals surface area (Å²) in [4.78, 5) is 29.0. The van der Waals surface area contributed by atoms with Crippen molar-refractivity contribution in [3.05, 3.63) is 35.6 Å². The van der Waals surface area contributed by atoms with Crippen LogP contribution in [0.3, 0.4) is 0 Å². The average molecular weight is 372 g/mol. The van der Waals surface area contributed by atoms with Gasteiger partial charge in [0.2, 0.25) is 11.8 Å². The van der Waals surface area contributed by atoms with E-state index in [1.807, 2.05) is 4.90 Å². The average Bonchev–Trinajstić information content (AvgIpc) is 2.62. The number of benzene rings is 1. The molecule has 3 fully saturated rings. The fourth-order valence-corrected chi connectivity index (χ4v) is 4.83. The highest BCUT2D eigenvalue weighted by atomic mass is 19.1. The number of nitrogens with zero attached hydrogens (tertiary/aromatic N) is 2. The van der Waals surface area contributed by atoms with Crippen LogP contribution in [0.2, 0.25) is 0 Å². The molecular formula is C22H29FN2O2. The third-order valence-corrected chi connectivity index (χ3v) is 6.87. The number of amides is 2. The SMILES string of the molecule is O=C(Cc1cccc(F)c1)N1CCC2(CCC(=O)N(CC3CCC3)C2)CC1. The quantitative estimate of drug-likeness (QED) is 0.813. The molecule has 1 saturated carbocycles. The number of rotatable bonds is 4. The molecular weight excluding hydrogens is 343 g/mol. The topological polar surface area (TPSA) is 40.6 Å². The zero-order chi connectivity index (χ0) is 18.9. The number of hydrogen-bond acceptors (Lipinski definition) is 2. The van der Waals surface area contributed by atoms with Gasteiger partial charge < -0.3 is 9.80 Å². The van der Waals surface area contributed by atoms with Crippen molar-refractivity contribution in [3.63, 3.8) is 0 Å². The lowest BCUT2D eigenvalue weighted by atomic mass is 9.71. The second-order valence-corrected chi connectivity index (χ2v) is 8.76. The van der Waals surface area contributed by atoms with Crippen LogP contribution in [-0.4, -0.2) is 47.8 Å². The van der Waals surface area contributed by atoms with Crippen molar-refractivity contribution in [3.8, 4) is 0 Å². The van der Waals surface area contributed by atoms with Crippen LogP contribution in [0.5, 0.6) is 0 Å². The maximum atomic E-state index is 13.3. The van der Waals surface area contributed by atoms with E-state index in [-0.39, 0.29) is 23.6 Å². The van der Waals surface area contributed by atoms with E-state index in [1.54, 1.807) is 12.1 Å². The van der Waals surface area contributed by atoms with Gasteiger partial charge in [0.05, 0.1) is 6.42 Å². The van der Waals surface area contributed by atoms with Gasteiger partial charge in [-0.05, 0) is 61.1 Å². The maximum absolute atomic E-state index is 13.3. The first-order chi connectivity index (χ1) is 13.0. The minimum absolute atomic E-state index is 0.0775. The van der Waals surface area contributed by atoms with E-state index in [2.05, 4.69) is 4.90 Å². The molecule has 1 aliphatic carbocycles. The van der Waals surface area contributed by atoms with E-state index in [0.29, 0.717) is 18.2 Å². The fraction of sp³-hybridized carbons (Fsp3) is 0.636. The molecule has 1 aromatic carbocycles. The summed E-state index contributed by atoms with van der Waals surface area (Å²) in [5.74, 6) is 0.805. The minimum Gasteiger partial charge on any atom is -0.342 e. The predicted molar refractivity (Wildman–Crippen MR) is 102 cm³/mol. The van der Waals surface area contributed by atoms with Gasteiger partial charge in [0.25, 0.3) is 0 Å². The predicted octanol–water partition coefficient (Wildman–Crippen LogP) is 3.40. The Kier molecular flexibility index (Phi) is 5.20. The van der Waals surface area contributed by atoms with Gasteiger partial charge in [-0.2, -0.15) is 0 Å². The lowest BCUT2D eigenvalue weighted by molar-refractivity contribution is -0.143. The largest absolute Gasteiger partial charge is 0.342 e. The van der Waals surface area contributed by atoms with E-state index in [4.69, 9.17) is 0 Å². The van der Waals surface area contributed by atoms with Crippen molar-refractivity contribution in [2.45, 2.75) is 51.4 Å². The molecule has 0 aromatic heterocycles. The monoisotopic (exact) mass is 372 g/mol. The first-order valence-electron chi connectivity index (χ1n) is 10.3. The summed E-state index contributed by atoms with van der Waals surface area (Å²) in [6.45, 7) is 3.30. The molecule has 0 N–H and O–H groups in total. The normalized spacial score (nSPS) is 22.8. The van der Waals surface area contributed by atoms with Crippen molar-refractivity contribution in [1.82, 2.24) is 9.80 Å². The Morgan fingerprint density at radius 1 is 1.19 bits per heavy atom. The van der Waals surface area contributed by atoms with Gasteiger partial charge in [0.15, 0.2) is 0 Å². The third-order valence-electron chi connectivity index (χ3n) is 6.87. The Bertz CT molecular complexity index is 708. The molecule has 27 heavy (non-hydrogen) atoms. The van der Waals surface area contributed by atoms with Crippen LogP contribution in [0, 0.1) is 17.2 Å². The Balaban J connectivity index is 1.32. The number of hydrogen-bond donors (Lipinski definition) is 0. The van der Waals surface area contributed by atoms with Gasteiger partial charge in [-0.1, -0.05) is 18.6 Å². The first kappa shape index (κ1) is 18.5. The second-order valence-electron chi connectivity index (χ2n) is 8.76. The number of piperidine rings is 2. The lowest BCUT2D eigenvalue weighted by Gasteiger charge is -2.48. The van der Waals surface area contributed by atoms with Gasteiger partial charge in [-0.3, -0.25) is 9.59 Å². The summed E-state index contributed by atoms with van der Waals surface area (Å²) in [6, 6.07) is 6.29. The molecule has 5 heteroatoms. The van der Waals surface area contributed by atoms with Crippen molar-refractivity contribution in [2.75, 3.05) is 26.2 Å². The van der Waals surface area contributed by atoms with Crippen molar-refractivity contribution in [2.24, 2.45) is 11.3 Å². The summed E-state index contributed by atoms with van der Waals surface area (Å²) in [5, 5.41) is 0. The lowest BCUT2D eigenvalue weighted by Crippen LogP contribution is -2.53. The number of halogens is 1. The molecule has 2 amide bonds. The Morgan fingerprint density at radius 3 is 2.63 bits per heavy atom. The molecule has 0 unspecified atom stereocenters. The molecule has 0 radical (unpaired) electrons. The minimum atomic E-state index is -0.295. The highest BCUT2D eigenvalue weighted by Crippen LogP contribution is 2.41. The van der Waals surface area contributed by atoms with E-state index < -0.39 is 0 Å².